The van der Waals surface area contributed by atoms with E-state index >= 15 is 0 Å². The van der Waals surface area contributed by atoms with E-state index in [1.165, 1.54) is 5.56 Å². The van der Waals surface area contributed by atoms with Crippen molar-refractivity contribution in [3.8, 4) is 11.4 Å². The first-order valence-corrected chi connectivity index (χ1v) is 6.21. The van der Waals surface area contributed by atoms with E-state index in [0.717, 1.165) is 16.5 Å². The molecule has 0 saturated carbocycles. The number of benzene rings is 1. The standard InChI is InChI=1S/C11H11N5S/c1-7-2-4-8(5-3-7)10-13-14-11-16(10)15-9(12)6-17-11/h2-5H,6H2,1H3,(H2,12,15). The molecule has 0 aliphatic carbocycles. The third-order valence-electron chi connectivity index (χ3n) is 2.50. The maximum Gasteiger partial charge on any atom is 0.212 e. The van der Waals surface area contributed by atoms with Crippen LogP contribution in [0.2, 0.25) is 0 Å². The number of hydrogen-bond donors (Lipinski definition) is 1. The van der Waals surface area contributed by atoms with Crippen LogP contribution >= 0.6 is 11.8 Å². The smallest absolute Gasteiger partial charge is 0.212 e. The molecule has 6 heteroatoms. The lowest BCUT2D eigenvalue weighted by molar-refractivity contribution is 0.760. The summed E-state index contributed by atoms with van der Waals surface area (Å²) in [5.74, 6) is 2.00. The lowest BCUT2D eigenvalue weighted by Gasteiger charge is -2.10. The maximum absolute atomic E-state index is 5.73. The summed E-state index contributed by atoms with van der Waals surface area (Å²) < 4.78 is 1.70. The molecule has 0 unspecified atom stereocenters. The summed E-state index contributed by atoms with van der Waals surface area (Å²) in [7, 11) is 0. The highest BCUT2D eigenvalue weighted by atomic mass is 32.2. The van der Waals surface area contributed by atoms with Crippen LogP contribution in [-0.4, -0.2) is 26.5 Å². The molecule has 3 rings (SSSR count). The topological polar surface area (TPSA) is 69.1 Å². The maximum atomic E-state index is 5.73. The Morgan fingerprint density at radius 3 is 2.76 bits per heavy atom. The molecule has 0 atom stereocenters. The Bertz CT molecular complexity index is 584. The Kier molecular flexibility index (Phi) is 2.36. The van der Waals surface area contributed by atoms with Crippen molar-refractivity contribution in [3.05, 3.63) is 29.8 Å². The van der Waals surface area contributed by atoms with Crippen LogP contribution in [0.1, 0.15) is 5.56 Å². The van der Waals surface area contributed by atoms with Gasteiger partial charge in [-0.15, -0.1) is 10.2 Å². The Morgan fingerprint density at radius 2 is 2.00 bits per heavy atom. The van der Waals surface area contributed by atoms with Gasteiger partial charge in [0.15, 0.2) is 5.82 Å². The van der Waals surface area contributed by atoms with E-state index < -0.39 is 0 Å². The highest BCUT2D eigenvalue weighted by Crippen LogP contribution is 2.26. The van der Waals surface area contributed by atoms with Crippen LogP contribution in [0.3, 0.4) is 0 Å². The average Bonchev–Trinajstić information content (AvgIpc) is 2.73. The minimum Gasteiger partial charge on any atom is -0.385 e. The molecule has 0 spiro atoms. The van der Waals surface area contributed by atoms with E-state index in [-0.39, 0.29) is 0 Å². The summed E-state index contributed by atoms with van der Waals surface area (Å²) in [6.45, 7) is 2.05. The molecule has 0 saturated heterocycles. The minimum atomic E-state index is 0.593. The fraction of sp³-hybridized carbons (Fsp3) is 0.182. The normalized spacial score (nSPS) is 14.3. The van der Waals surface area contributed by atoms with Gasteiger partial charge in [-0.3, -0.25) is 0 Å². The van der Waals surface area contributed by atoms with E-state index in [2.05, 4.69) is 22.2 Å². The van der Waals surface area contributed by atoms with Gasteiger partial charge in [-0.05, 0) is 6.92 Å². The second-order valence-electron chi connectivity index (χ2n) is 3.86. The zero-order chi connectivity index (χ0) is 11.8. The fourth-order valence-electron chi connectivity index (χ4n) is 1.62. The molecule has 1 aliphatic heterocycles. The summed E-state index contributed by atoms with van der Waals surface area (Å²) in [5, 5.41) is 13.3. The zero-order valence-corrected chi connectivity index (χ0v) is 10.1. The second kappa shape index (κ2) is 3.89. The van der Waals surface area contributed by atoms with E-state index in [1.54, 1.807) is 16.4 Å². The van der Waals surface area contributed by atoms with Gasteiger partial charge >= 0.3 is 0 Å². The summed E-state index contributed by atoms with van der Waals surface area (Å²) in [6.07, 6.45) is 0. The lowest BCUT2D eigenvalue weighted by Crippen LogP contribution is -2.20. The number of nitrogens with zero attached hydrogens (tertiary/aromatic N) is 4. The Hall–Kier alpha value is -1.82. The fourth-order valence-corrected chi connectivity index (χ4v) is 2.31. The first-order valence-electron chi connectivity index (χ1n) is 5.22. The highest BCUT2D eigenvalue weighted by molar-refractivity contribution is 7.99. The van der Waals surface area contributed by atoms with Gasteiger partial charge < -0.3 is 5.73 Å². The molecule has 5 nitrogen and oxygen atoms in total. The quantitative estimate of drug-likeness (QED) is 0.826. The summed E-state index contributed by atoms with van der Waals surface area (Å²) in [4.78, 5) is 0. The van der Waals surface area contributed by atoms with Crippen molar-refractivity contribution < 1.29 is 0 Å². The van der Waals surface area contributed by atoms with Gasteiger partial charge in [-0.25, -0.2) is 0 Å². The molecule has 0 radical (unpaired) electrons. The number of hydrogen-bond acceptors (Lipinski definition) is 5. The predicted octanol–water partition coefficient (Wildman–Crippen LogP) is 1.48. The number of nitrogens with two attached hydrogens (primary N) is 1. The number of aryl methyl sites for hydroxylation is 1. The van der Waals surface area contributed by atoms with Gasteiger partial charge in [-0.2, -0.15) is 9.78 Å². The Balaban J connectivity index is 2.11. The molecule has 86 valence electrons. The number of fused-ring (bicyclic) bond motifs is 1. The van der Waals surface area contributed by atoms with Gasteiger partial charge in [0, 0.05) is 5.56 Å². The monoisotopic (exact) mass is 245 g/mol. The van der Waals surface area contributed by atoms with E-state index in [0.29, 0.717) is 11.6 Å². The van der Waals surface area contributed by atoms with Crippen molar-refractivity contribution in [1.82, 2.24) is 14.9 Å². The second-order valence-corrected chi connectivity index (χ2v) is 4.81. The number of amidine groups is 1. The molecule has 2 heterocycles. The molecular weight excluding hydrogens is 234 g/mol. The molecule has 2 N–H and O–H groups in total. The predicted molar refractivity (Wildman–Crippen MR) is 67.9 cm³/mol. The molecule has 0 fully saturated rings. The molecule has 1 aromatic carbocycles. The molecule has 1 aliphatic rings. The summed E-state index contributed by atoms with van der Waals surface area (Å²) >= 11 is 1.55. The molecule has 2 aromatic rings. The number of aromatic nitrogens is 3. The molecule has 0 bridgehead atoms. The SMILES string of the molecule is Cc1ccc(-c2nnc3n2N=C(N)CS3)cc1. The van der Waals surface area contributed by atoms with Crippen molar-refractivity contribution in [2.24, 2.45) is 10.8 Å². The zero-order valence-electron chi connectivity index (χ0n) is 9.29. The molecule has 0 amide bonds. The minimum absolute atomic E-state index is 0.593. The van der Waals surface area contributed by atoms with Gasteiger partial charge in [0.1, 0.15) is 5.84 Å². The van der Waals surface area contributed by atoms with Crippen LogP contribution < -0.4 is 5.73 Å². The van der Waals surface area contributed by atoms with Crippen molar-refractivity contribution in [2.75, 3.05) is 5.75 Å². The van der Waals surface area contributed by atoms with Crippen molar-refractivity contribution in [2.45, 2.75) is 12.1 Å². The third kappa shape index (κ3) is 1.80. The lowest BCUT2D eigenvalue weighted by atomic mass is 10.1. The van der Waals surface area contributed by atoms with Crippen LogP contribution in [0.25, 0.3) is 11.4 Å². The average molecular weight is 245 g/mol. The van der Waals surface area contributed by atoms with Crippen LogP contribution in [0.4, 0.5) is 0 Å². The van der Waals surface area contributed by atoms with Crippen LogP contribution in [0.5, 0.6) is 0 Å². The molecule has 1 aromatic heterocycles. The Labute approximate surface area is 103 Å². The molecule has 17 heavy (non-hydrogen) atoms. The summed E-state index contributed by atoms with van der Waals surface area (Å²) in [5.41, 5.74) is 7.94. The van der Waals surface area contributed by atoms with Crippen molar-refractivity contribution in [3.63, 3.8) is 0 Å². The van der Waals surface area contributed by atoms with Crippen LogP contribution in [0.15, 0.2) is 34.5 Å². The third-order valence-corrected chi connectivity index (χ3v) is 3.45. The number of thioether (sulfide) groups is 1. The van der Waals surface area contributed by atoms with Gasteiger partial charge in [-0.1, -0.05) is 41.6 Å². The van der Waals surface area contributed by atoms with E-state index in [1.807, 2.05) is 24.3 Å². The first-order chi connectivity index (χ1) is 8.24. The van der Waals surface area contributed by atoms with Gasteiger partial charge in [0.25, 0.3) is 0 Å². The van der Waals surface area contributed by atoms with Crippen LogP contribution in [-0.2, 0) is 0 Å². The number of rotatable bonds is 1. The largest absolute Gasteiger partial charge is 0.385 e. The van der Waals surface area contributed by atoms with E-state index in [9.17, 15) is 0 Å². The van der Waals surface area contributed by atoms with Crippen molar-refractivity contribution >= 4 is 17.6 Å². The van der Waals surface area contributed by atoms with Crippen LogP contribution in [0, 0.1) is 6.92 Å². The first kappa shape index (κ1) is 10.3. The highest BCUT2D eigenvalue weighted by Gasteiger charge is 2.18. The molecular formula is C11H11N5S. The Morgan fingerprint density at radius 1 is 1.24 bits per heavy atom. The van der Waals surface area contributed by atoms with E-state index in [4.69, 9.17) is 5.73 Å². The summed E-state index contributed by atoms with van der Waals surface area (Å²) in [6, 6.07) is 8.11. The van der Waals surface area contributed by atoms with Gasteiger partial charge in [0.2, 0.25) is 5.16 Å². The van der Waals surface area contributed by atoms with Crippen molar-refractivity contribution in [1.29, 1.82) is 0 Å². The van der Waals surface area contributed by atoms with Gasteiger partial charge in [0.05, 0.1) is 5.75 Å².